The Morgan fingerprint density at radius 2 is 2.11 bits per heavy atom. The van der Waals surface area contributed by atoms with E-state index in [2.05, 4.69) is 4.98 Å². The molecule has 1 saturated heterocycles. The van der Waals surface area contributed by atoms with E-state index in [1.807, 2.05) is 18.2 Å². The van der Waals surface area contributed by atoms with Crippen LogP contribution in [-0.4, -0.2) is 49.8 Å². The number of pyridine rings is 1. The molecular weight excluding hydrogens is 236 g/mol. The lowest BCUT2D eigenvalue weighted by atomic mass is 10.1. The Morgan fingerprint density at radius 1 is 1.28 bits per heavy atom. The normalized spacial score (nSPS) is 32.2. The average molecular weight is 250 g/mol. The molecule has 96 valence electrons. The van der Waals surface area contributed by atoms with Gasteiger partial charge in [-0.15, -0.1) is 0 Å². The first-order valence-corrected chi connectivity index (χ1v) is 5.76. The summed E-state index contributed by atoms with van der Waals surface area (Å²) in [5.41, 5.74) is 0.673. The molecule has 4 atom stereocenters. The van der Waals surface area contributed by atoms with Gasteiger partial charge >= 0.3 is 0 Å². The van der Waals surface area contributed by atoms with Crippen molar-refractivity contribution in [1.82, 2.24) is 9.55 Å². The molecule has 3 rings (SSSR count). The van der Waals surface area contributed by atoms with E-state index in [9.17, 15) is 10.2 Å². The van der Waals surface area contributed by atoms with Crippen LogP contribution >= 0.6 is 0 Å². The molecule has 3 heterocycles. The molecule has 1 aliphatic rings. The summed E-state index contributed by atoms with van der Waals surface area (Å²) in [5, 5.41) is 29.7. The third-order valence-corrected chi connectivity index (χ3v) is 3.27. The number of ether oxygens (including phenoxy) is 1. The molecule has 2 aromatic rings. The fourth-order valence-corrected chi connectivity index (χ4v) is 2.30. The Hall–Kier alpha value is -1.47. The van der Waals surface area contributed by atoms with Gasteiger partial charge in [0.2, 0.25) is 0 Å². The van der Waals surface area contributed by atoms with E-state index >= 15 is 0 Å². The van der Waals surface area contributed by atoms with E-state index < -0.39 is 24.5 Å². The van der Waals surface area contributed by atoms with Gasteiger partial charge in [-0.2, -0.15) is 0 Å². The lowest BCUT2D eigenvalue weighted by Crippen LogP contribution is -2.33. The van der Waals surface area contributed by atoms with Gasteiger partial charge in [-0.05, 0) is 18.2 Å². The lowest BCUT2D eigenvalue weighted by Gasteiger charge is -2.17. The van der Waals surface area contributed by atoms with Crippen LogP contribution in [0.25, 0.3) is 11.0 Å². The van der Waals surface area contributed by atoms with Gasteiger partial charge in [-0.3, -0.25) is 0 Å². The van der Waals surface area contributed by atoms with Gasteiger partial charge in [0.1, 0.15) is 24.0 Å². The number of aromatic nitrogens is 2. The number of aliphatic hydroxyl groups excluding tert-OH is 3. The van der Waals surface area contributed by atoms with Crippen molar-refractivity contribution in [2.75, 3.05) is 6.61 Å². The molecule has 0 aliphatic carbocycles. The van der Waals surface area contributed by atoms with Gasteiger partial charge in [0.05, 0.1) is 6.61 Å². The highest BCUT2D eigenvalue weighted by molar-refractivity contribution is 5.75. The standard InChI is InChI=1S/C12H14N2O4/c15-6-8-9(16)10(17)12(18-8)14-5-3-7-2-1-4-13-11(7)14/h1-5,8-10,12,15-17H,6H2/t8-,9-,10-,12?/m1/s1. The first-order valence-electron chi connectivity index (χ1n) is 5.76. The third kappa shape index (κ3) is 1.62. The zero-order valence-corrected chi connectivity index (χ0v) is 9.55. The Kier molecular flexibility index (Phi) is 2.79. The lowest BCUT2D eigenvalue weighted by molar-refractivity contribution is -0.0508. The van der Waals surface area contributed by atoms with E-state index in [1.54, 1.807) is 17.0 Å². The van der Waals surface area contributed by atoms with Crippen LogP contribution < -0.4 is 0 Å². The van der Waals surface area contributed by atoms with Gasteiger partial charge in [-0.1, -0.05) is 0 Å². The topological polar surface area (TPSA) is 87.7 Å². The van der Waals surface area contributed by atoms with Crippen LogP contribution in [0.3, 0.4) is 0 Å². The molecule has 0 saturated carbocycles. The van der Waals surface area contributed by atoms with Crippen LogP contribution in [0.2, 0.25) is 0 Å². The molecule has 0 amide bonds. The molecule has 0 spiro atoms. The molecule has 18 heavy (non-hydrogen) atoms. The van der Waals surface area contributed by atoms with Crippen LogP contribution in [-0.2, 0) is 4.74 Å². The Labute approximate surface area is 103 Å². The van der Waals surface area contributed by atoms with Crippen LogP contribution in [0.15, 0.2) is 30.6 Å². The predicted molar refractivity (Wildman–Crippen MR) is 62.7 cm³/mol. The largest absolute Gasteiger partial charge is 0.394 e. The number of fused-ring (bicyclic) bond motifs is 1. The number of hydrogen-bond donors (Lipinski definition) is 3. The van der Waals surface area contributed by atoms with Gasteiger partial charge < -0.3 is 24.6 Å². The molecule has 0 radical (unpaired) electrons. The van der Waals surface area contributed by atoms with Gasteiger partial charge in [-0.25, -0.2) is 4.98 Å². The van der Waals surface area contributed by atoms with Crippen molar-refractivity contribution in [3.05, 3.63) is 30.6 Å². The van der Waals surface area contributed by atoms with Crippen LogP contribution in [0, 0.1) is 0 Å². The summed E-state index contributed by atoms with van der Waals surface area (Å²) in [6.07, 6.45) is -0.283. The molecule has 6 nitrogen and oxygen atoms in total. The zero-order valence-electron chi connectivity index (χ0n) is 9.55. The molecule has 1 aliphatic heterocycles. The van der Waals surface area contributed by atoms with Crippen molar-refractivity contribution in [3.8, 4) is 0 Å². The Balaban J connectivity index is 2.00. The van der Waals surface area contributed by atoms with Crippen molar-refractivity contribution in [2.45, 2.75) is 24.5 Å². The first-order chi connectivity index (χ1) is 8.72. The summed E-state index contributed by atoms with van der Waals surface area (Å²) < 4.78 is 7.13. The quantitative estimate of drug-likeness (QED) is 0.678. The second-order valence-corrected chi connectivity index (χ2v) is 4.37. The van der Waals surface area contributed by atoms with Crippen LogP contribution in [0.1, 0.15) is 6.23 Å². The molecule has 6 heteroatoms. The summed E-state index contributed by atoms with van der Waals surface area (Å²) in [6.45, 7) is -0.332. The first kappa shape index (κ1) is 11.6. The molecular formula is C12H14N2O4. The van der Waals surface area contributed by atoms with Crippen molar-refractivity contribution in [1.29, 1.82) is 0 Å². The molecule has 1 unspecified atom stereocenters. The second kappa shape index (κ2) is 4.33. The summed E-state index contributed by atoms with van der Waals surface area (Å²) in [6, 6.07) is 5.58. The minimum atomic E-state index is -1.10. The molecule has 0 bridgehead atoms. The third-order valence-electron chi connectivity index (χ3n) is 3.27. The molecule has 0 aromatic carbocycles. The van der Waals surface area contributed by atoms with E-state index in [0.717, 1.165) is 5.39 Å². The number of aliphatic hydroxyl groups is 3. The molecule has 3 N–H and O–H groups in total. The number of nitrogens with zero attached hydrogens (tertiary/aromatic N) is 2. The van der Waals surface area contributed by atoms with E-state index in [1.165, 1.54) is 0 Å². The van der Waals surface area contributed by atoms with E-state index in [-0.39, 0.29) is 6.61 Å². The minimum absolute atomic E-state index is 0.332. The van der Waals surface area contributed by atoms with E-state index in [0.29, 0.717) is 5.65 Å². The average Bonchev–Trinajstić information content (AvgIpc) is 2.93. The predicted octanol–water partition coefficient (Wildman–Crippen LogP) is -0.352. The highest BCUT2D eigenvalue weighted by atomic mass is 16.6. The SMILES string of the molecule is OC[C@H]1OC(n2ccc3cccnc32)[C@H](O)[C@@H]1O. The number of rotatable bonds is 2. The monoisotopic (exact) mass is 250 g/mol. The smallest absolute Gasteiger partial charge is 0.164 e. The highest BCUT2D eigenvalue weighted by Gasteiger charge is 2.43. The summed E-state index contributed by atoms with van der Waals surface area (Å²) in [5.74, 6) is 0. The van der Waals surface area contributed by atoms with Gasteiger partial charge in [0.25, 0.3) is 0 Å². The number of hydrogen-bond acceptors (Lipinski definition) is 5. The van der Waals surface area contributed by atoms with Crippen molar-refractivity contribution >= 4 is 11.0 Å². The van der Waals surface area contributed by atoms with Crippen molar-refractivity contribution in [3.63, 3.8) is 0 Å². The van der Waals surface area contributed by atoms with Gasteiger partial charge in [0.15, 0.2) is 6.23 Å². The van der Waals surface area contributed by atoms with E-state index in [4.69, 9.17) is 9.84 Å². The fraction of sp³-hybridized carbons (Fsp3) is 0.417. The highest BCUT2D eigenvalue weighted by Crippen LogP contribution is 2.31. The molecule has 2 aromatic heterocycles. The van der Waals surface area contributed by atoms with Crippen molar-refractivity contribution < 1.29 is 20.1 Å². The van der Waals surface area contributed by atoms with Gasteiger partial charge in [0, 0.05) is 17.8 Å². The Morgan fingerprint density at radius 3 is 2.83 bits per heavy atom. The minimum Gasteiger partial charge on any atom is -0.394 e. The second-order valence-electron chi connectivity index (χ2n) is 4.37. The maximum Gasteiger partial charge on any atom is 0.164 e. The summed E-state index contributed by atoms with van der Waals surface area (Å²) in [4.78, 5) is 4.22. The van der Waals surface area contributed by atoms with Crippen molar-refractivity contribution in [2.24, 2.45) is 0 Å². The maximum absolute atomic E-state index is 9.96. The zero-order chi connectivity index (χ0) is 12.7. The fourth-order valence-electron chi connectivity index (χ4n) is 2.30. The van der Waals surface area contributed by atoms with Crippen LogP contribution in [0.5, 0.6) is 0 Å². The summed E-state index contributed by atoms with van der Waals surface area (Å²) in [7, 11) is 0. The molecule has 1 fully saturated rings. The Bertz CT molecular complexity index is 556. The van der Waals surface area contributed by atoms with Crippen LogP contribution in [0.4, 0.5) is 0 Å². The summed E-state index contributed by atoms with van der Waals surface area (Å²) >= 11 is 0. The maximum atomic E-state index is 9.96.